The van der Waals surface area contributed by atoms with E-state index in [-0.39, 0.29) is 18.1 Å². The number of alkyl halides is 2. The first kappa shape index (κ1) is 20.0. The number of aliphatic hydroxyl groups is 1. The molecule has 0 aliphatic carbocycles. The summed E-state index contributed by atoms with van der Waals surface area (Å²) in [6, 6.07) is 10.5. The quantitative estimate of drug-likeness (QED) is 0.773. The highest BCUT2D eigenvalue weighted by atomic mass is 19.3. The Balaban J connectivity index is 1.65. The Labute approximate surface area is 161 Å². The topological polar surface area (TPSA) is 75.3 Å². The Bertz CT molecular complexity index is 863. The fourth-order valence-corrected chi connectivity index (χ4v) is 3.01. The zero-order valence-electron chi connectivity index (χ0n) is 15.7. The first-order valence-electron chi connectivity index (χ1n) is 9.03. The van der Waals surface area contributed by atoms with Gasteiger partial charge in [0.1, 0.15) is 18.1 Å². The van der Waals surface area contributed by atoms with Crippen molar-refractivity contribution in [3.63, 3.8) is 0 Å². The number of furan rings is 1. The number of halogens is 2. The van der Waals surface area contributed by atoms with E-state index in [0.717, 1.165) is 12.8 Å². The molecule has 0 fully saturated rings. The number of aryl methyl sites for hydroxylation is 1. The lowest BCUT2D eigenvalue weighted by atomic mass is 10.1. The molecule has 1 aliphatic heterocycles. The lowest BCUT2D eigenvalue weighted by Gasteiger charge is -2.29. The molecule has 1 N–H and O–H groups in total. The number of rotatable bonds is 7. The van der Waals surface area contributed by atoms with Gasteiger partial charge in [0.15, 0.2) is 5.76 Å². The largest absolute Gasteiger partial charge is 0.486 e. The number of carbonyl (C=O) groups excluding carboxylic acids is 1. The summed E-state index contributed by atoms with van der Waals surface area (Å²) in [5, 5.41) is 14.3. The second-order valence-electron chi connectivity index (χ2n) is 6.76. The van der Waals surface area contributed by atoms with Crippen LogP contribution in [0.4, 0.5) is 8.78 Å². The molecule has 28 heavy (non-hydrogen) atoms. The molecule has 0 saturated heterocycles. The predicted octanol–water partition coefficient (Wildman–Crippen LogP) is 3.99. The molecule has 1 aliphatic rings. The second kappa shape index (κ2) is 8.10. The summed E-state index contributed by atoms with van der Waals surface area (Å²) in [5.74, 6) is -0.137. The van der Waals surface area contributed by atoms with Gasteiger partial charge in [0.2, 0.25) is 5.72 Å². The van der Waals surface area contributed by atoms with E-state index in [0.29, 0.717) is 16.5 Å². The SMILES string of the molecule is CCCc1ccc(OCc2ccc(C(=O)N3N=C(C)CC3(O)C(F)F)o2)cc1. The normalized spacial score (nSPS) is 19.2. The number of nitrogens with zero attached hydrogens (tertiary/aromatic N) is 2. The molecular weight excluding hydrogens is 370 g/mol. The van der Waals surface area contributed by atoms with Crippen molar-refractivity contribution in [3.05, 3.63) is 53.5 Å². The maximum atomic E-state index is 13.2. The average molecular weight is 392 g/mol. The van der Waals surface area contributed by atoms with E-state index in [4.69, 9.17) is 9.15 Å². The van der Waals surface area contributed by atoms with Gasteiger partial charge in [-0.3, -0.25) is 4.79 Å². The number of ether oxygens (including phenoxy) is 1. The van der Waals surface area contributed by atoms with Gasteiger partial charge >= 0.3 is 5.91 Å². The van der Waals surface area contributed by atoms with Crippen LogP contribution in [0.25, 0.3) is 0 Å². The smallest absolute Gasteiger partial charge is 0.312 e. The van der Waals surface area contributed by atoms with Crippen LogP contribution in [0, 0.1) is 0 Å². The monoisotopic (exact) mass is 392 g/mol. The first-order chi connectivity index (χ1) is 13.3. The van der Waals surface area contributed by atoms with Gasteiger partial charge in [0, 0.05) is 12.1 Å². The molecule has 8 heteroatoms. The zero-order chi connectivity index (χ0) is 20.3. The van der Waals surface area contributed by atoms with Gasteiger partial charge in [-0.25, -0.2) is 8.78 Å². The summed E-state index contributed by atoms with van der Waals surface area (Å²) in [5.41, 5.74) is -1.21. The Morgan fingerprint density at radius 3 is 2.68 bits per heavy atom. The minimum atomic E-state index is -3.16. The molecule has 1 amide bonds. The Morgan fingerprint density at radius 1 is 1.32 bits per heavy atom. The lowest BCUT2D eigenvalue weighted by molar-refractivity contribution is -0.164. The van der Waals surface area contributed by atoms with E-state index in [1.54, 1.807) is 0 Å². The van der Waals surface area contributed by atoms with E-state index in [1.165, 1.54) is 24.6 Å². The number of amides is 1. The highest BCUT2D eigenvalue weighted by molar-refractivity contribution is 5.95. The number of hydrazone groups is 1. The summed E-state index contributed by atoms with van der Waals surface area (Å²) >= 11 is 0. The van der Waals surface area contributed by atoms with Gasteiger partial charge in [0.05, 0.1) is 0 Å². The summed E-state index contributed by atoms with van der Waals surface area (Å²) in [6.45, 7) is 3.65. The van der Waals surface area contributed by atoms with Crippen molar-refractivity contribution in [1.29, 1.82) is 0 Å². The third-order valence-electron chi connectivity index (χ3n) is 4.41. The van der Waals surface area contributed by atoms with Gasteiger partial charge < -0.3 is 14.3 Å². The van der Waals surface area contributed by atoms with E-state index in [9.17, 15) is 18.7 Å². The van der Waals surface area contributed by atoms with Crippen LogP contribution >= 0.6 is 0 Å². The van der Waals surface area contributed by atoms with Gasteiger partial charge in [0.25, 0.3) is 6.43 Å². The Morgan fingerprint density at radius 2 is 2.04 bits per heavy atom. The summed E-state index contributed by atoms with van der Waals surface area (Å²) in [4.78, 5) is 12.5. The summed E-state index contributed by atoms with van der Waals surface area (Å²) < 4.78 is 37.5. The fraction of sp³-hybridized carbons (Fsp3) is 0.400. The van der Waals surface area contributed by atoms with Crippen molar-refractivity contribution in [3.8, 4) is 5.75 Å². The molecule has 2 aromatic rings. The van der Waals surface area contributed by atoms with Gasteiger partial charge in [-0.15, -0.1) is 0 Å². The van der Waals surface area contributed by atoms with E-state index >= 15 is 0 Å². The molecule has 2 heterocycles. The van der Waals surface area contributed by atoms with Crippen LogP contribution in [-0.4, -0.2) is 33.9 Å². The van der Waals surface area contributed by atoms with Gasteiger partial charge in [-0.05, 0) is 43.2 Å². The Kier molecular flexibility index (Phi) is 5.79. The zero-order valence-corrected chi connectivity index (χ0v) is 15.7. The maximum Gasteiger partial charge on any atom is 0.312 e. The molecule has 1 aromatic carbocycles. The second-order valence-corrected chi connectivity index (χ2v) is 6.76. The van der Waals surface area contributed by atoms with Crippen molar-refractivity contribution in [1.82, 2.24) is 5.01 Å². The lowest BCUT2D eigenvalue weighted by Crippen LogP contribution is -2.51. The van der Waals surface area contributed by atoms with Crippen molar-refractivity contribution in [2.24, 2.45) is 5.10 Å². The fourth-order valence-electron chi connectivity index (χ4n) is 3.01. The first-order valence-corrected chi connectivity index (χ1v) is 9.03. The number of hydrogen-bond acceptors (Lipinski definition) is 5. The molecule has 0 bridgehead atoms. The number of carbonyl (C=O) groups is 1. The molecule has 0 spiro atoms. The van der Waals surface area contributed by atoms with Crippen LogP contribution in [0.3, 0.4) is 0 Å². The Hall–Kier alpha value is -2.74. The molecular formula is C20H22F2N2O4. The molecule has 1 unspecified atom stereocenters. The van der Waals surface area contributed by atoms with Gasteiger partial charge in [-0.1, -0.05) is 25.5 Å². The minimum absolute atomic E-state index is 0.0712. The maximum absolute atomic E-state index is 13.2. The summed E-state index contributed by atoms with van der Waals surface area (Å²) in [7, 11) is 0. The van der Waals surface area contributed by atoms with Crippen LogP contribution in [0.1, 0.15) is 48.6 Å². The van der Waals surface area contributed by atoms with E-state index in [1.807, 2.05) is 24.3 Å². The van der Waals surface area contributed by atoms with E-state index in [2.05, 4.69) is 12.0 Å². The van der Waals surface area contributed by atoms with Crippen LogP contribution < -0.4 is 4.74 Å². The molecule has 1 atom stereocenters. The minimum Gasteiger partial charge on any atom is -0.486 e. The van der Waals surface area contributed by atoms with E-state index < -0.39 is 24.5 Å². The molecule has 6 nitrogen and oxygen atoms in total. The van der Waals surface area contributed by atoms with Crippen LogP contribution in [0.5, 0.6) is 5.75 Å². The van der Waals surface area contributed by atoms with Crippen molar-refractivity contribution < 1.29 is 27.8 Å². The van der Waals surface area contributed by atoms with Crippen molar-refractivity contribution in [2.45, 2.75) is 51.9 Å². The van der Waals surface area contributed by atoms with Crippen LogP contribution in [-0.2, 0) is 13.0 Å². The van der Waals surface area contributed by atoms with Crippen molar-refractivity contribution in [2.75, 3.05) is 0 Å². The van der Waals surface area contributed by atoms with Crippen LogP contribution in [0.2, 0.25) is 0 Å². The molecule has 1 aromatic heterocycles. The summed E-state index contributed by atoms with van der Waals surface area (Å²) in [6.07, 6.45) is -1.52. The predicted molar refractivity (Wildman–Crippen MR) is 98.3 cm³/mol. The number of benzene rings is 1. The highest BCUT2D eigenvalue weighted by Crippen LogP contribution is 2.32. The molecule has 0 saturated carbocycles. The van der Waals surface area contributed by atoms with Gasteiger partial charge in [-0.2, -0.15) is 10.1 Å². The van der Waals surface area contributed by atoms with Crippen molar-refractivity contribution >= 4 is 11.6 Å². The molecule has 150 valence electrons. The molecule has 3 rings (SSSR count). The van der Waals surface area contributed by atoms with Crippen LogP contribution in [0.15, 0.2) is 45.9 Å². The third kappa shape index (κ3) is 4.06. The molecule has 0 radical (unpaired) electrons. The number of hydrogen-bond donors (Lipinski definition) is 1. The third-order valence-corrected chi connectivity index (χ3v) is 4.41. The highest BCUT2D eigenvalue weighted by Gasteiger charge is 2.51. The standard InChI is InChI=1S/C20H22F2N2O4/c1-3-4-14-5-7-15(8-6-14)27-12-16-9-10-17(28-16)18(25)24-20(26,19(21)22)11-13(2)23-24/h5-10,19,26H,3-4,11-12H2,1-2H3. The average Bonchev–Trinajstić information content (AvgIpc) is 3.26.